The third kappa shape index (κ3) is 5.27. The maximum atomic E-state index is 13.3. The van der Waals surface area contributed by atoms with Gasteiger partial charge in [0.25, 0.3) is 11.8 Å². The van der Waals surface area contributed by atoms with E-state index in [9.17, 15) is 9.59 Å². The molecule has 0 bridgehead atoms. The predicted octanol–water partition coefficient (Wildman–Crippen LogP) is 6.25. The van der Waals surface area contributed by atoms with Crippen molar-refractivity contribution in [1.29, 1.82) is 0 Å². The number of thiocarbonyl (C=S) groups is 1. The molecule has 4 aromatic carbocycles. The van der Waals surface area contributed by atoms with Gasteiger partial charge in [-0.15, -0.1) is 0 Å². The van der Waals surface area contributed by atoms with Gasteiger partial charge in [0, 0.05) is 0 Å². The van der Waals surface area contributed by atoms with E-state index in [2.05, 4.69) is 46.1 Å². The first-order valence-electron chi connectivity index (χ1n) is 12.0. The number of fused-ring (bicyclic) bond motifs is 1. The number of rotatable bonds is 7. The first-order chi connectivity index (χ1) is 18.5. The van der Waals surface area contributed by atoms with Gasteiger partial charge in [-0.25, -0.2) is 0 Å². The molecule has 1 fully saturated rings. The number of carbonyl (C=O) groups excluding carboxylic acids is 2. The van der Waals surface area contributed by atoms with Gasteiger partial charge in [0.1, 0.15) is 12.2 Å². The molecule has 1 saturated heterocycles. The highest BCUT2D eigenvalue weighted by atomic mass is 127. The number of anilines is 1. The van der Waals surface area contributed by atoms with Crippen LogP contribution in [0.25, 0.3) is 16.8 Å². The molecule has 1 aliphatic heterocycles. The Balaban J connectivity index is 1.46. The molecule has 4 aromatic rings. The molecule has 38 heavy (non-hydrogen) atoms. The van der Waals surface area contributed by atoms with Crippen molar-refractivity contribution in [3.8, 4) is 11.5 Å². The van der Waals surface area contributed by atoms with E-state index in [-0.39, 0.29) is 10.7 Å². The van der Waals surface area contributed by atoms with Crippen molar-refractivity contribution < 1.29 is 19.1 Å². The number of carbonyl (C=O) groups is 2. The zero-order valence-corrected chi connectivity index (χ0v) is 23.4. The van der Waals surface area contributed by atoms with Gasteiger partial charge in [0.2, 0.25) is 0 Å². The van der Waals surface area contributed by atoms with Gasteiger partial charge in [-0.05, 0) is 94.0 Å². The quantitative estimate of drug-likeness (QED) is 0.113. The van der Waals surface area contributed by atoms with Gasteiger partial charge in [0.05, 0.1) is 15.9 Å². The summed E-state index contributed by atoms with van der Waals surface area (Å²) in [6.07, 6.45) is 1.55. The second kappa shape index (κ2) is 11.3. The second-order valence-electron chi connectivity index (χ2n) is 8.48. The molecule has 0 saturated carbocycles. The Morgan fingerprint density at radius 2 is 1.68 bits per heavy atom. The monoisotopic (exact) mass is 634 g/mol. The molecule has 0 aliphatic carbocycles. The molecule has 8 heteroatoms. The van der Waals surface area contributed by atoms with Crippen LogP contribution in [-0.2, 0) is 16.2 Å². The average Bonchev–Trinajstić information content (AvgIpc) is 2.91. The molecule has 0 spiro atoms. The van der Waals surface area contributed by atoms with E-state index in [0.29, 0.717) is 36.0 Å². The fourth-order valence-corrected chi connectivity index (χ4v) is 5.34. The number of nitrogens with zero attached hydrogens (tertiary/aromatic N) is 1. The van der Waals surface area contributed by atoms with E-state index in [1.165, 1.54) is 4.90 Å². The van der Waals surface area contributed by atoms with Crippen LogP contribution in [0.3, 0.4) is 0 Å². The lowest BCUT2D eigenvalue weighted by atomic mass is 10.1. The summed E-state index contributed by atoms with van der Waals surface area (Å²) in [5.41, 5.74) is 2.25. The summed E-state index contributed by atoms with van der Waals surface area (Å²) in [6, 6.07) is 26.9. The molecule has 1 aliphatic rings. The van der Waals surface area contributed by atoms with Crippen molar-refractivity contribution in [2.45, 2.75) is 13.5 Å². The van der Waals surface area contributed by atoms with Crippen molar-refractivity contribution >= 4 is 74.3 Å². The Hall–Kier alpha value is -3.76. The first kappa shape index (κ1) is 25.9. The summed E-state index contributed by atoms with van der Waals surface area (Å²) >= 11 is 7.46. The van der Waals surface area contributed by atoms with Crippen LogP contribution in [0.15, 0.2) is 90.5 Å². The number of amides is 2. The van der Waals surface area contributed by atoms with Crippen molar-refractivity contribution in [1.82, 2.24) is 5.32 Å². The molecule has 1 N–H and O–H groups in total. The summed E-state index contributed by atoms with van der Waals surface area (Å²) in [4.78, 5) is 27.4. The lowest BCUT2D eigenvalue weighted by Gasteiger charge is -2.28. The fraction of sp³-hybridized carbons (Fsp3) is 0.100. The maximum absolute atomic E-state index is 13.3. The first-order valence-corrected chi connectivity index (χ1v) is 13.5. The topological polar surface area (TPSA) is 67.9 Å². The molecular weight excluding hydrogens is 611 g/mol. The van der Waals surface area contributed by atoms with E-state index in [1.54, 1.807) is 36.4 Å². The van der Waals surface area contributed by atoms with Gasteiger partial charge in [-0.1, -0.05) is 60.7 Å². The molecule has 0 radical (unpaired) electrons. The van der Waals surface area contributed by atoms with E-state index in [1.807, 2.05) is 43.3 Å². The predicted molar refractivity (Wildman–Crippen MR) is 161 cm³/mol. The van der Waals surface area contributed by atoms with Crippen LogP contribution >= 0.6 is 34.8 Å². The number of halogens is 1. The third-order valence-corrected chi connectivity index (χ3v) is 7.10. The Kier molecular flexibility index (Phi) is 7.71. The highest BCUT2D eigenvalue weighted by Crippen LogP contribution is 2.36. The molecule has 190 valence electrons. The van der Waals surface area contributed by atoms with Crippen LogP contribution in [0.1, 0.15) is 18.1 Å². The minimum absolute atomic E-state index is 0.0230. The number of ether oxygens (including phenoxy) is 2. The van der Waals surface area contributed by atoms with Gasteiger partial charge < -0.3 is 9.47 Å². The number of benzene rings is 4. The fourth-order valence-electron chi connectivity index (χ4n) is 4.28. The zero-order chi connectivity index (χ0) is 26.6. The Morgan fingerprint density at radius 3 is 2.47 bits per heavy atom. The van der Waals surface area contributed by atoms with Crippen LogP contribution in [0, 0.1) is 3.57 Å². The lowest BCUT2D eigenvalue weighted by molar-refractivity contribution is -0.122. The largest absolute Gasteiger partial charge is 0.490 e. The van der Waals surface area contributed by atoms with E-state index < -0.39 is 11.8 Å². The van der Waals surface area contributed by atoms with Gasteiger partial charge in [0.15, 0.2) is 16.6 Å². The normalized spacial score (nSPS) is 14.6. The summed E-state index contributed by atoms with van der Waals surface area (Å²) in [5, 5.41) is 4.94. The molecule has 0 atom stereocenters. The van der Waals surface area contributed by atoms with Crippen LogP contribution < -0.4 is 19.7 Å². The molecular formula is C30H23IN2O4S. The van der Waals surface area contributed by atoms with E-state index >= 15 is 0 Å². The Bertz CT molecular complexity index is 1580. The summed E-state index contributed by atoms with van der Waals surface area (Å²) in [5.74, 6) is 0.102. The SMILES string of the molecule is CCOc1cc(/C=C2/C(=O)NC(=S)N(c3ccccc3)C2=O)cc(I)c1OCc1cccc2ccccc12. The molecule has 0 aromatic heterocycles. The minimum atomic E-state index is -0.545. The van der Waals surface area contributed by atoms with Crippen molar-refractivity contribution in [3.05, 3.63) is 105 Å². The number of para-hydroxylation sites is 1. The smallest absolute Gasteiger partial charge is 0.270 e. The Labute approximate surface area is 239 Å². The van der Waals surface area contributed by atoms with Crippen molar-refractivity contribution in [2.75, 3.05) is 11.5 Å². The van der Waals surface area contributed by atoms with Crippen LogP contribution in [0.5, 0.6) is 11.5 Å². The second-order valence-corrected chi connectivity index (χ2v) is 10.0. The molecule has 0 unspecified atom stereocenters. The third-order valence-electron chi connectivity index (χ3n) is 6.01. The van der Waals surface area contributed by atoms with Gasteiger partial charge in [-0.2, -0.15) is 0 Å². The lowest BCUT2D eigenvalue weighted by Crippen LogP contribution is -2.54. The summed E-state index contributed by atoms with van der Waals surface area (Å²) in [6.45, 7) is 2.68. The van der Waals surface area contributed by atoms with E-state index in [4.69, 9.17) is 21.7 Å². The van der Waals surface area contributed by atoms with Gasteiger partial charge >= 0.3 is 0 Å². The minimum Gasteiger partial charge on any atom is -0.490 e. The summed E-state index contributed by atoms with van der Waals surface area (Å²) in [7, 11) is 0. The molecule has 1 heterocycles. The number of nitrogens with one attached hydrogen (secondary N) is 1. The summed E-state index contributed by atoms with van der Waals surface area (Å²) < 4.78 is 13.0. The molecule has 6 nitrogen and oxygen atoms in total. The Morgan fingerprint density at radius 1 is 0.947 bits per heavy atom. The standard InChI is InChI=1S/C30H23IN2O4S/c1-2-36-26-17-19(15-24-28(34)32-30(38)33(29(24)35)22-12-4-3-5-13-22)16-25(31)27(26)37-18-21-11-8-10-20-9-6-7-14-23(20)21/h3-17H,2,18H2,1H3,(H,32,34,38)/b24-15-. The highest BCUT2D eigenvalue weighted by Gasteiger charge is 2.34. The van der Waals surface area contributed by atoms with Crippen molar-refractivity contribution in [2.24, 2.45) is 0 Å². The molecule has 5 rings (SSSR count). The highest BCUT2D eigenvalue weighted by molar-refractivity contribution is 14.1. The zero-order valence-electron chi connectivity index (χ0n) is 20.4. The van der Waals surface area contributed by atoms with Crippen molar-refractivity contribution in [3.63, 3.8) is 0 Å². The van der Waals surface area contributed by atoms with Crippen LogP contribution in [0.4, 0.5) is 5.69 Å². The van der Waals surface area contributed by atoms with Gasteiger partial charge in [-0.3, -0.25) is 19.8 Å². The van der Waals surface area contributed by atoms with Crippen LogP contribution in [0.2, 0.25) is 0 Å². The number of hydrogen-bond donors (Lipinski definition) is 1. The maximum Gasteiger partial charge on any atom is 0.270 e. The average molecular weight is 634 g/mol. The van der Waals surface area contributed by atoms with E-state index in [0.717, 1.165) is 19.9 Å². The number of hydrogen-bond acceptors (Lipinski definition) is 5. The molecule has 2 amide bonds. The van der Waals surface area contributed by atoms with Crippen LogP contribution in [-0.4, -0.2) is 23.5 Å².